The van der Waals surface area contributed by atoms with Gasteiger partial charge in [-0.2, -0.15) is 0 Å². The Kier molecular flexibility index (Phi) is 5.57. The standard InChI is InChI=1S/C14H25N3O4/c1-5-14(12(19)20)7-6-8-17(10-14)13(21)16(4)9-11(18)15(2)3/h5-10H2,1-4H3,(H,19,20). The van der Waals surface area contributed by atoms with E-state index in [0.29, 0.717) is 25.8 Å². The van der Waals surface area contributed by atoms with Gasteiger partial charge in [0.15, 0.2) is 0 Å². The molecule has 7 heteroatoms. The summed E-state index contributed by atoms with van der Waals surface area (Å²) in [5.41, 5.74) is -0.861. The van der Waals surface area contributed by atoms with Gasteiger partial charge in [0.1, 0.15) is 6.54 Å². The number of rotatable bonds is 4. The second-order valence-electron chi connectivity index (χ2n) is 5.89. The Bertz CT molecular complexity index is 424. The van der Waals surface area contributed by atoms with Crippen LogP contribution < -0.4 is 0 Å². The van der Waals surface area contributed by atoms with Gasteiger partial charge >= 0.3 is 12.0 Å². The molecular formula is C14H25N3O4. The van der Waals surface area contributed by atoms with E-state index in [1.54, 1.807) is 26.0 Å². The minimum atomic E-state index is -0.861. The first-order valence-corrected chi connectivity index (χ1v) is 7.17. The maximum Gasteiger partial charge on any atom is 0.320 e. The van der Waals surface area contributed by atoms with E-state index >= 15 is 0 Å². The number of carboxylic acid groups (broad SMARTS) is 1. The van der Waals surface area contributed by atoms with Crippen LogP contribution in [-0.2, 0) is 9.59 Å². The predicted octanol–water partition coefficient (Wildman–Crippen LogP) is 0.703. The highest BCUT2D eigenvalue weighted by atomic mass is 16.4. The van der Waals surface area contributed by atoms with Crippen LogP contribution in [-0.4, -0.2) is 78.5 Å². The number of likely N-dealkylation sites (tertiary alicyclic amines) is 1. The maximum absolute atomic E-state index is 12.4. The molecule has 1 saturated heterocycles. The molecule has 21 heavy (non-hydrogen) atoms. The minimum Gasteiger partial charge on any atom is -0.481 e. The zero-order valence-electron chi connectivity index (χ0n) is 13.3. The SMILES string of the molecule is CCC1(C(=O)O)CCCN(C(=O)N(C)CC(=O)N(C)C)C1. The predicted molar refractivity (Wildman–Crippen MR) is 77.9 cm³/mol. The lowest BCUT2D eigenvalue weighted by molar-refractivity contribution is -0.152. The van der Waals surface area contributed by atoms with Crippen LogP contribution >= 0.6 is 0 Å². The summed E-state index contributed by atoms with van der Waals surface area (Å²) in [6.45, 7) is 2.57. The van der Waals surface area contributed by atoms with Crippen LogP contribution in [0.25, 0.3) is 0 Å². The molecule has 0 aromatic rings. The van der Waals surface area contributed by atoms with Crippen molar-refractivity contribution in [3.05, 3.63) is 0 Å². The second kappa shape index (κ2) is 6.78. The fourth-order valence-electron chi connectivity index (χ4n) is 2.56. The molecule has 0 aromatic carbocycles. The molecule has 3 amide bonds. The van der Waals surface area contributed by atoms with Crippen molar-refractivity contribution in [2.45, 2.75) is 26.2 Å². The van der Waals surface area contributed by atoms with E-state index in [-0.39, 0.29) is 25.0 Å². The smallest absolute Gasteiger partial charge is 0.320 e. The van der Waals surface area contributed by atoms with Crippen LogP contribution in [0.4, 0.5) is 4.79 Å². The van der Waals surface area contributed by atoms with Gasteiger partial charge in [0.25, 0.3) is 0 Å². The molecule has 0 spiro atoms. The maximum atomic E-state index is 12.4. The van der Waals surface area contributed by atoms with Gasteiger partial charge in [0, 0.05) is 34.2 Å². The fourth-order valence-corrected chi connectivity index (χ4v) is 2.56. The summed E-state index contributed by atoms with van der Waals surface area (Å²) >= 11 is 0. The zero-order valence-corrected chi connectivity index (χ0v) is 13.3. The minimum absolute atomic E-state index is 0.00543. The summed E-state index contributed by atoms with van der Waals surface area (Å²) in [5.74, 6) is -1.02. The third-order valence-corrected chi connectivity index (χ3v) is 4.18. The normalized spacial score (nSPS) is 21.8. The largest absolute Gasteiger partial charge is 0.481 e. The molecule has 1 N–H and O–H groups in total. The van der Waals surface area contributed by atoms with Crippen molar-refractivity contribution < 1.29 is 19.5 Å². The molecule has 1 fully saturated rings. The number of aliphatic carboxylic acids is 1. The molecule has 1 rings (SSSR count). The Labute approximate surface area is 125 Å². The van der Waals surface area contributed by atoms with E-state index < -0.39 is 11.4 Å². The van der Waals surface area contributed by atoms with Crippen LogP contribution in [0.1, 0.15) is 26.2 Å². The highest BCUT2D eigenvalue weighted by Crippen LogP contribution is 2.33. The highest BCUT2D eigenvalue weighted by Gasteiger charge is 2.42. The van der Waals surface area contributed by atoms with E-state index in [1.807, 2.05) is 6.92 Å². The Morgan fingerprint density at radius 3 is 2.33 bits per heavy atom. The first kappa shape index (κ1) is 17.3. The topological polar surface area (TPSA) is 81.2 Å². The average Bonchev–Trinajstić information content (AvgIpc) is 2.45. The third kappa shape index (κ3) is 3.86. The van der Waals surface area contributed by atoms with E-state index in [0.717, 1.165) is 0 Å². The molecule has 1 atom stereocenters. The van der Waals surface area contributed by atoms with Crippen LogP contribution in [0, 0.1) is 5.41 Å². The van der Waals surface area contributed by atoms with Crippen LogP contribution in [0.15, 0.2) is 0 Å². The summed E-state index contributed by atoms with van der Waals surface area (Å²) in [4.78, 5) is 39.8. The quantitative estimate of drug-likeness (QED) is 0.828. The molecule has 1 heterocycles. The van der Waals surface area contributed by atoms with Gasteiger partial charge in [-0.1, -0.05) is 6.92 Å². The molecule has 120 valence electrons. The number of hydrogen-bond acceptors (Lipinski definition) is 3. The third-order valence-electron chi connectivity index (χ3n) is 4.18. The molecule has 0 radical (unpaired) electrons. The van der Waals surface area contributed by atoms with Crippen LogP contribution in [0.3, 0.4) is 0 Å². The molecule has 0 bridgehead atoms. The monoisotopic (exact) mass is 299 g/mol. The van der Waals surface area contributed by atoms with Crippen molar-refractivity contribution in [1.29, 1.82) is 0 Å². The zero-order chi connectivity index (χ0) is 16.2. The van der Waals surface area contributed by atoms with Gasteiger partial charge < -0.3 is 19.8 Å². The number of carbonyl (C=O) groups excluding carboxylic acids is 2. The van der Waals surface area contributed by atoms with Gasteiger partial charge in [0.2, 0.25) is 5.91 Å². The van der Waals surface area contributed by atoms with Crippen molar-refractivity contribution in [2.24, 2.45) is 5.41 Å². The summed E-state index contributed by atoms with van der Waals surface area (Å²) in [6, 6.07) is -0.288. The number of amides is 3. The van der Waals surface area contributed by atoms with Gasteiger partial charge in [-0.25, -0.2) is 4.79 Å². The number of nitrogens with zero attached hydrogens (tertiary/aromatic N) is 3. The van der Waals surface area contributed by atoms with Crippen molar-refractivity contribution >= 4 is 17.9 Å². The van der Waals surface area contributed by atoms with Gasteiger partial charge in [-0.15, -0.1) is 0 Å². The second-order valence-corrected chi connectivity index (χ2v) is 5.89. The van der Waals surface area contributed by atoms with Crippen molar-refractivity contribution in [3.8, 4) is 0 Å². The van der Waals surface area contributed by atoms with Crippen LogP contribution in [0.2, 0.25) is 0 Å². The molecule has 0 saturated carbocycles. The molecule has 1 aliphatic rings. The Morgan fingerprint density at radius 2 is 1.86 bits per heavy atom. The molecular weight excluding hydrogens is 274 g/mol. The Morgan fingerprint density at radius 1 is 1.24 bits per heavy atom. The van der Waals surface area contributed by atoms with E-state index in [9.17, 15) is 19.5 Å². The number of likely N-dealkylation sites (N-methyl/N-ethyl adjacent to an activating group) is 2. The van der Waals surface area contributed by atoms with Crippen molar-refractivity contribution in [2.75, 3.05) is 40.8 Å². The number of carboxylic acids is 1. The fraction of sp³-hybridized carbons (Fsp3) is 0.786. The Hall–Kier alpha value is -1.79. The summed E-state index contributed by atoms with van der Waals surface area (Å²) in [5, 5.41) is 9.43. The van der Waals surface area contributed by atoms with Crippen LogP contribution in [0.5, 0.6) is 0 Å². The van der Waals surface area contributed by atoms with Gasteiger partial charge in [-0.05, 0) is 19.3 Å². The molecule has 0 aromatic heterocycles. The number of hydrogen-bond donors (Lipinski definition) is 1. The van der Waals surface area contributed by atoms with E-state index in [2.05, 4.69) is 0 Å². The number of carbonyl (C=O) groups is 3. The number of piperidine rings is 1. The average molecular weight is 299 g/mol. The first-order chi connectivity index (χ1) is 9.73. The summed E-state index contributed by atoms with van der Waals surface area (Å²) in [7, 11) is 4.83. The lowest BCUT2D eigenvalue weighted by Gasteiger charge is -2.40. The van der Waals surface area contributed by atoms with E-state index in [4.69, 9.17) is 0 Å². The van der Waals surface area contributed by atoms with Gasteiger partial charge in [0.05, 0.1) is 5.41 Å². The first-order valence-electron chi connectivity index (χ1n) is 7.17. The highest BCUT2D eigenvalue weighted by molar-refractivity contribution is 5.84. The Balaban J connectivity index is 2.74. The molecule has 1 unspecified atom stereocenters. The number of urea groups is 1. The molecule has 1 aliphatic heterocycles. The van der Waals surface area contributed by atoms with Crippen molar-refractivity contribution in [3.63, 3.8) is 0 Å². The summed E-state index contributed by atoms with van der Waals surface area (Å²) < 4.78 is 0. The molecule has 7 nitrogen and oxygen atoms in total. The molecule has 0 aliphatic carbocycles. The van der Waals surface area contributed by atoms with Crippen molar-refractivity contribution in [1.82, 2.24) is 14.7 Å². The van der Waals surface area contributed by atoms with E-state index in [1.165, 1.54) is 9.80 Å². The lowest BCUT2D eigenvalue weighted by atomic mass is 9.78. The van der Waals surface area contributed by atoms with Gasteiger partial charge in [-0.3, -0.25) is 9.59 Å². The lowest BCUT2D eigenvalue weighted by Crippen LogP contribution is -2.53. The summed E-state index contributed by atoms with van der Waals surface area (Å²) in [6.07, 6.45) is 1.75.